The van der Waals surface area contributed by atoms with E-state index in [2.05, 4.69) is 19.2 Å². The van der Waals surface area contributed by atoms with E-state index in [0.29, 0.717) is 22.5 Å². The van der Waals surface area contributed by atoms with Crippen LogP contribution in [0.15, 0.2) is 0 Å². The number of anilines is 2. The van der Waals surface area contributed by atoms with E-state index in [4.69, 9.17) is 10.5 Å². The van der Waals surface area contributed by atoms with Crippen LogP contribution in [0.25, 0.3) is 0 Å². The van der Waals surface area contributed by atoms with Crippen molar-refractivity contribution in [3.8, 4) is 0 Å². The quantitative estimate of drug-likeness (QED) is 0.811. The number of methoxy groups -OCH3 is 1. The predicted octanol–water partition coefficient (Wildman–Crippen LogP) is 2.81. The third kappa shape index (κ3) is 2.39. The summed E-state index contributed by atoms with van der Waals surface area (Å²) in [6, 6.07) is 0.330. The molecule has 1 aliphatic carbocycles. The van der Waals surface area contributed by atoms with E-state index in [1.165, 1.54) is 18.4 Å². The molecule has 5 heteroatoms. The van der Waals surface area contributed by atoms with E-state index in [0.717, 1.165) is 23.4 Å². The van der Waals surface area contributed by atoms with Crippen LogP contribution in [0.3, 0.4) is 0 Å². The standard InChI is InChI=1S/C12H18N2O2S/c1-6(2)14-11-8(7-4-5-7)9(13)10(17-11)12(15)16-3/h6-7,14H,4-5,13H2,1-3H3. The van der Waals surface area contributed by atoms with Crippen LogP contribution >= 0.6 is 11.3 Å². The summed E-state index contributed by atoms with van der Waals surface area (Å²) in [5.74, 6) is 0.178. The zero-order valence-electron chi connectivity index (χ0n) is 10.4. The van der Waals surface area contributed by atoms with Crippen molar-refractivity contribution < 1.29 is 9.53 Å². The lowest BCUT2D eigenvalue weighted by atomic mass is 10.1. The monoisotopic (exact) mass is 254 g/mol. The smallest absolute Gasteiger partial charge is 0.350 e. The van der Waals surface area contributed by atoms with Crippen molar-refractivity contribution in [1.29, 1.82) is 0 Å². The number of nitrogen functional groups attached to an aromatic ring is 1. The van der Waals surface area contributed by atoms with Crippen LogP contribution in [0.2, 0.25) is 0 Å². The molecule has 1 saturated carbocycles. The third-order valence-electron chi connectivity index (χ3n) is 2.76. The average Bonchev–Trinajstić information content (AvgIpc) is 3.03. The normalized spacial score (nSPS) is 15.1. The lowest BCUT2D eigenvalue weighted by molar-refractivity contribution is 0.0607. The summed E-state index contributed by atoms with van der Waals surface area (Å²) in [4.78, 5) is 12.1. The molecule has 1 aromatic rings. The number of nitrogens with two attached hydrogens (primary N) is 1. The van der Waals surface area contributed by atoms with E-state index in [9.17, 15) is 4.79 Å². The van der Waals surface area contributed by atoms with Crippen LogP contribution in [-0.2, 0) is 4.74 Å². The van der Waals surface area contributed by atoms with Gasteiger partial charge in [-0.1, -0.05) is 0 Å². The van der Waals surface area contributed by atoms with Gasteiger partial charge >= 0.3 is 5.97 Å². The van der Waals surface area contributed by atoms with Crippen molar-refractivity contribution in [1.82, 2.24) is 0 Å². The predicted molar refractivity (Wildman–Crippen MR) is 70.8 cm³/mol. The summed E-state index contributed by atoms with van der Waals surface area (Å²) in [7, 11) is 1.38. The number of hydrogen-bond acceptors (Lipinski definition) is 5. The first-order valence-corrected chi connectivity index (χ1v) is 6.63. The van der Waals surface area contributed by atoms with Crippen LogP contribution in [0.5, 0.6) is 0 Å². The number of nitrogens with one attached hydrogen (secondary N) is 1. The van der Waals surface area contributed by atoms with Gasteiger partial charge in [0.25, 0.3) is 0 Å². The van der Waals surface area contributed by atoms with Crippen LogP contribution in [0.4, 0.5) is 10.7 Å². The molecule has 0 unspecified atom stereocenters. The van der Waals surface area contributed by atoms with Gasteiger partial charge in [0.15, 0.2) is 0 Å². The zero-order valence-corrected chi connectivity index (χ0v) is 11.2. The van der Waals surface area contributed by atoms with Gasteiger partial charge in [0.1, 0.15) is 4.88 Å². The van der Waals surface area contributed by atoms with Crippen molar-refractivity contribution in [2.75, 3.05) is 18.2 Å². The summed E-state index contributed by atoms with van der Waals surface area (Å²) < 4.78 is 4.75. The number of hydrogen-bond donors (Lipinski definition) is 2. The summed E-state index contributed by atoms with van der Waals surface area (Å²) in [6.45, 7) is 4.15. The second kappa shape index (κ2) is 4.56. The van der Waals surface area contributed by atoms with Gasteiger partial charge in [-0.05, 0) is 32.6 Å². The Morgan fingerprint density at radius 3 is 2.65 bits per heavy atom. The Morgan fingerprint density at radius 2 is 2.18 bits per heavy atom. The molecule has 0 aliphatic heterocycles. The van der Waals surface area contributed by atoms with Gasteiger partial charge in [-0.3, -0.25) is 0 Å². The summed E-state index contributed by atoms with van der Waals surface area (Å²) in [5, 5.41) is 4.39. The number of rotatable bonds is 4. The molecule has 3 N–H and O–H groups in total. The van der Waals surface area contributed by atoms with E-state index >= 15 is 0 Å². The number of carbonyl (C=O) groups is 1. The maximum absolute atomic E-state index is 11.6. The van der Waals surface area contributed by atoms with Gasteiger partial charge in [0.2, 0.25) is 0 Å². The molecule has 0 spiro atoms. The maximum Gasteiger partial charge on any atom is 0.350 e. The van der Waals surface area contributed by atoms with Crippen LogP contribution in [-0.4, -0.2) is 19.1 Å². The van der Waals surface area contributed by atoms with Crippen molar-refractivity contribution in [3.05, 3.63) is 10.4 Å². The first-order chi connectivity index (χ1) is 8.04. The highest BCUT2D eigenvalue weighted by atomic mass is 32.1. The van der Waals surface area contributed by atoms with Gasteiger partial charge in [-0.15, -0.1) is 11.3 Å². The average molecular weight is 254 g/mol. The highest BCUT2D eigenvalue weighted by Crippen LogP contribution is 2.51. The summed E-state index contributed by atoms with van der Waals surface area (Å²) in [5.41, 5.74) is 7.79. The molecular weight excluding hydrogens is 236 g/mol. The van der Waals surface area contributed by atoms with Gasteiger partial charge in [-0.25, -0.2) is 4.79 Å². The SMILES string of the molecule is COC(=O)c1sc(NC(C)C)c(C2CC2)c1N. The molecule has 1 fully saturated rings. The molecule has 4 nitrogen and oxygen atoms in total. The largest absolute Gasteiger partial charge is 0.465 e. The number of esters is 1. The Kier molecular flexibility index (Phi) is 3.28. The molecule has 0 atom stereocenters. The van der Waals surface area contributed by atoms with Crippen molar-refractivity contribution in [2.24, 2.45) is 0 Å². The second-order valence-electron chi connectivity index (χ2n) is 4.65. The molecule has 0 aromatic carbocycles. The molecule has 0 amide bonds. The molecule has 0 radical (unpaired) electrons. The molecule has 2 rings (SSSR count). The third-order valence-corrected chi connectivity index (χ3v) is 3.89. The Balaban J connectivity index is 2.39. The molecule has 1 aromatic heterocycles. The lowest BCUT2D eigenvalue weighted by Crippen LogP contribution is -2.09. The minimum absolute atomic E-state index is 0.330. The lowest BCUT2D eigenvalue weighted by Gasteiger charge is -2.10. The van der Waals surface area contributed by atoms with E-state index in [-0.39, 0.29) is 5.97 Å². The summed E-state index contributed by atoms with van der Waals surface area (Å²) in [6.07, 6.45) is 2.32. The fourth-order valence-corrected chi connectivity index (χ4v) is 3.12. The molecular formula is C12H18N2O2S. The maximum atomic E-state index is 11.6. The fraction of sp³-hybridized carbons (Fsp3) is 0.583. The highest BCUT2D eigenvalue weighted by molar-refractivity contribution is 7.18. The molecule has 0 saturated heterocycles. The van der Waals surface area contributed by atoms with Gasteiger partial charge in [-0.2, -0.15) is 0 Å². The Labute approximate surface area is 105 Å². The minimum atomic E-state index is -0.341. The molecule has 0 bridgehead atoms. The van der Waals surface area contributed by atoms with Crippen LogP contribution < -0.4 is 11.1 Å². The van der Waals surface area contributed by atoms with Gasteiger partial charge in [0.05, 0.1) is 17.8 Å². The van der Waals surface area contributed by atoms with Gasteiger partial charge in [0, 0.05) is 11.6 Å². The Bertz CT molecular complexity index is 436. The van der Waals surface area contributed by atoms with Crippen LogP contribution in [0, 0.1) is 0 Å². The first-order valence-electron chi connectivity index (χ1n) is 5.81. The van der Waals surface area contributed by atoms with Crippen molar-refractivity contribution in [2.45, 2.75) is 38.6 Å². The molecule has 1 aliphatic rings. The van der Waals surface area contributed by atoms with Gasteiger partial charge < -0.3 is 15.8 Å². The zero-order chi connectivity index (χ0) is 12.6. The fourth-order valence-electron chi connectivity index (χ4n) is 1.85. The second-order valence-corrected chi connectivity index (χ2v) is 5.67. The highest BCUT2D eigenvalue weighted by Gasteiger charge is 2.33. The van der Waals surface area contributed by atoms with Crippen LogP contribution in [0.1, 0.15) is 47.8 Å². The number of carbonyl (C=O) groups excluding carboxylic acids is 1. The Morgan fingerprint density at radius 1 is 1.53 bits per heavy atom. The van der Waals surface area contributed by atoms with Crippen molar-refractivity contribution >= 4 is 28.0 Å². The Hall–Kier alpha value is -1.23. The van der Waals surface area contributed by atoms with E-state index in [1.807, 2.05) is 0 Å². The first kappa shape index (κ1) is 12.2. The van der Waals surface area contributed by atoms with E-state index in [1.54, 1.807) is 0 Å². The van der Waals surface area contributed by atoms with E-state index < -0.39 is 0 Å². The summed E-state index contributed by atoms with van der Waals surface area (Å²) >= 11 is 1.40. The topological polar surface area (TPSA) is 64.3 Å². The minimum Gasteiger partial charge on any atom is -0.465 e. The molecule has 94 valence electrons. The molecule has 1 heterocycles. The molecule has 17 heavy (non-hydrogen) atoms. The number of thiophene rings is 1. The van der Waals surface area contributed by atoms with Crippen molar-refractivity contribution in [3.63, 3.8) is 0 Å². The number of ether oxygens (including phenoxy) is 1.